The zero-order valence-corrected chi connectivity index (χ0v) is 20.6. The second-order valence-corrected chi connectivity index (χ2v) is 9.93. The number of fused-ring (bicyclic) bond motifs is 1. The number of nitrogens with one attached hydrogen (secondary N) is 1. The predicted octanol–water partition coefficient (Wildman–Crippen LogP) is 4.17. The molecule has 1 aliphatic carbocycles. The van der Waals surface area contributed by atoms with Crippen molar-refractivity contribution in [1.82, 2.24) is 24.8 Å². The Labute approximate surface area is 210 Å². The van der Waals surface area contributed by atoms with Crippen molar-refractivity contribution in [3.8, 4) is 0 Å². The molecule has 1 amide bonds. The minimum atomic E-state index is -0.160. The van der Waals surface area contributed by atoms with Gasteiger partial charge in [0, 0.05) is 49.5 Å². The summed E-state index contributed by atoms with van der Waals surface area (Å²) in [5.41, 5.74) is 9.73. The Morgan fingerprint density at radius 3 is 2.67 bits per heavy atom. The van der Waals surface area contributed by atoms with Crippen LogP contribution < -0.4 is 16.0 Å². The summed E-state index contributed by atoms with van der Waals surface area (Å²) in [6.07, 6.45) is 10.3. The summed E-state index contributed by atoms with van der Waals surface area (Å²) in [6, 6.07) is 10.2. The minimum absolute atomic E-state index is 0.160. The Morgan fingerprint density at radius 1 is 1.08 bits per heavy atom. The fourth-order valence-electron chi connectivity index (χ4n) is 5.10. The number of imidazole rings is 1. The third kappa shape index (κ3) is 4.39. The Morgan fingerprint density at radius 2 is 1.92 bits per heavy atom. The SMILES string of the molecule is Cc1c(CNC(=O)c2cn(Cc3ccc(N4CCCC4)nc3)c(C3CC3)n2)ccc2c(N)nccc12. The molecule has 4 heterocycles. The van der Waals surface area contributed by atoms with Crippen molar-refractivity contribution in [3.63, 3.8) is 0 Å². The first-order valence-electron chi connectivity index (χ1n) is 12.7. The molecule has 2 fully saturated rings. The molecule has 3 N–H and O–H groups in total. The van der Waals surface area contributed by atoms with E-state index in [4.69, 9.17) is 10.7 Å². The van der Waals surface area contributed by atoms with Crippen molar-refractivity contribution < 1.29 is 4.79 Å². The average Bonchev–Trinajstić information content (AvgIpc) is 3.41. The number of carbonyl (C=O) groups is 1. The topological polar surface area (TPSA) is 102 Å². The van der Waals surface area contributed by atoms with Crippen LogP contribution in [-0.4, -0.2) is 38.5 Å². The summed E-state index contributed by atoms with van der Waals surface area (Å²) >= 11 is 0. The van der Waals surface area contributed by atoms with E-state index < -0.39 is 0 Å². The van der Waals surface area contributed by atoms with Gasteiger partial charge in [0.1, 0.15) is 23.2 Å². The van der Waals surface area contributed by atoms with Gasteiger partial charge >= 0.3 is 0 Å². The Kier molecular flexibility index (Phi) is 5.79. The standard InChI is InChI=1S/C28H31N7O/c1-18-21(7-8-23-22(18)10-11-30-26(23)29)15-32-28(36)24-17-35(27(33-24)20-5-6-20)16-19-4-9-25(31-14-19)34-12-2-3-13-34/h4,7-11,14,17,20H,2-3,5-6,12-13,15-16H2,1H3,(H2,29,30)(H,32,36). The van der Waals surface area contributed by atoms with Crippen molar-refractivity contribution in [2.24, 2.45) is 0 Å². The summed E-state index contributed by atoms with van der Waals surface area (Å²) in [5, 5.41) is 5.04. The number of anilines is 2. The molecule has 4 aromatic rings. The summed E-state index contributed by atoms with van der Waals surface area (Å²) in [4.78, 5) is 29.0. The molecule has 36 heavy (non-hydrogen) atoms. The van der Waals surface area contributed by atoms with E-state index >= 15 is 0 Å². The molecule has 1 saturated heterocycles. The number of aromatic nitrogens is 4. The average molecular weight is 482 g/mol. The molecule has 0 spiro atoms. The zero-order valence-electron chi connectivity index (χ0n) is 20.6. The number of aryl methyl sites for hydroxylation is 1. The molecule has 0 bridgehead atoms. The molecule has 1 aromatic carbocycles. The molecular weight excluding hydrogens is 450 g/mol. The van der Waals surface area contributed by atoms with Crippen molar-refractivity contribution in [3.05, 3.63) is 77.1 Å². The molecule has 0 atom stereocenters. The van der Waals surface area contributed by atoms with Gasteiger partial charge in [-0.15, -0.1) is 0 Å². The van der Waals surface area contributed by atoms with Crippen LogP contribution in [0.15, 0.2) is 48.9 Å². The molecule has 0 unspecified atom stereocenters. The largest absolute Gasteiger partial charge is 0.383 e. The summed E-state index contributed by atoms with van der Waals surface area (Å²) in [6.45, 7) is 5.31. The second kappa shape index (κ2) is 9.26. The van der Waals surface area contributed by atoms with Gasteiger partial charge in [-0.2, -0.15) is 0 Å². The molecule has 8 nitrogen and oxygen atoms in total. The van der Waals surface area contributed by atoms with Crippen LogP contribution in [0.5, 0.6) is 0 Å². The molecule has 0 radical (unpaired) electrons. The van der Waals surface area contributed by atoms with Crippen molar-refractivity contribution >= 4 is 28.3 Å². The third-order valence-corrected chi connectivity index (χ3v) is 7.37. The van der Waals surface area contributed by atoms with Crippen LogP contribution >= 0.6 is 0 Å². The van der Waals surface area contributed by atoms with E-state index in [1.807, 2.05) is 37.5 Å². The highest BCUT2D eigenvalue weighted by Gasteiger charge is 2.30. The fourth-order valence-corrected chi connectivity index (χ4v) is 5.10. The van der Waals surface area contributed by atoms with E-state index in [9.17, 15) is 4.79 Å². The first-order valence-corrected chi connectivity index (χ1v) is 12.7. The van der Waals surface area contributed by atoms with Crippen molar-refractivity contribution in [2.45, 2.75) is 51.6 Å². The molecular formula is C28H31N7O. The number of nitrogens with zero attached hydrogens (tertiary/aromatic N) is 5. The lowest BCUT2D eigenvalue weighted by atomic mass is 10.0. The number of pyridine rings is 2. The van der Waals surface area contributed by atoms with E-state index in [0.717, 1.165) is 65.0 Å². The molecule has 1 saturated carbocycles. The number of hydrogen-bond acceptors (Lipinski definition) is 6. The van der Waals surface area contributed by atoms with Gasteiger partial charge in [-0.05, 0) is 66.8 Å². The molecule has 1 aliphatic heterocycles. The van der Waals surface area contributed by atoms with Gasteiger partial charge in [0.25, 0.3) is 5.91 Å². The minimum Gasteiger partial charge on any atom is -0.383 e. The Hall–Kier alpha value is -3.94. The highest BCUT2D eigenvalue weighted by Crippen LogP contribution is 2.39. The normalized spacial score (nSPS) is 15.5. The van der Waals surface area contributed by atoms with E-state index in [1.54, 1.807) is 6.20 Å². The van der Waals surface area contributed by atoms with Gasteiger partial charge in [-0.1, -0.05) is 18.2 Å². The van der Waals surface area contributed by atoms with E-state index in [2.05, 4.69) is 36.9 Å². The molecule has 3 aromatic heterocycles. The number of amides is 1. The van der Waals surface area contributed by atoms with Gasteiger partial charge in [0.15, 0.2) is 0 Å². The van der Waals surface area contributed by atoms with E-state index in [0.29, 0.717) is 30.5 Å². The smallest absolute Gasteiger partial charge is 0.271 e. The summed E-state index contributed by atoms with van der Waals surface area (Å²) in [7, 11) is 0. The maximum atomic E-state index is 13.1. The fraction of sp³-hybridized carbons (Fsp3) is 0.357. The maximum Gasteiger partial charge on any atom is 0.271 e. The number of rotatable bonds is 7. The van der Waals surface area contributed by atoms with Gasteiger partial charge in [-0.25, -0.2) is 15.0 Å². The second-order valence-electron chi connectivity index (χ2n) is 9.93. The van der Waals surface area contributed by atoms with Gasteiger partial charge in [-0.3, -0.25) is 4.79 Å². The number of nitrogens with two attached hydrogens (primary N) is 1. The predicted molar refractivity (Wildman–Crippen MR) is 141 cm³/mol. The molecule has 2 aliphatic rings. The van der Waals surface area contributed by atoms with Crippen LogP contribution in [0.4, 0.5) is 11.6 Å². The summed E-state index contributed by atoms with van der Waals surface area (Å²) in [5.74, 6) is 2.84. The van der Waals surface area contributed by atoms with Crippen LogP contribution in [0, 0.1) is 6.92 Å². The van der Waals surface area contributed by atoms with Crippen molar-refractivity contribution in [2.75, 3.05) is 23.7 Å². The Bertz CT molecular complexity index is 1420. The highest BCUT2D eigenvalue weighted by molar-refractivity contribution is 5.94. The molecule has 6 rings (SSSR count). The van der Waals surface area contributed by atoms with E-state index in [-0.39, 0.29) is 5.91 Å². The summed E-state index contributed by atoms with van der Waals surface area (Å²) < 4.78 is 2.12. The molecule has 184 valence electrons. The van der Waals surface area contributed by atoms with Crippen LogP contribution in [-0.2, 0) is 13.1 Å². The van der Waals surface area contributed by atoms with Crippen LogP contribution in [0.3, 0.4) is 0 Å². The Balaban J connectivity index is 1.17. The first kappa shape index (κ1) is 22.5. The van der Waals surface area contributed by atoms with Gasteiger partial charge in [0.05, 0.1) is 6.54 Å². The number of nitrogen functional groups attached to an aromatic ring is 1. The van der Waals surface area contributed by atoms with Gasteiger partial charge < -0.3 is 20.5 Å². The number of benzene rings is 1. The van der Waals surface area contributed by atoms with Crippen LogP contribution in [0.1, 0.15) is 64.6 Å². The monoisotopic (exact) mass is 481 g/mol. The molecule has 8 heteroatoms. The lowest BCUT2D eigenvalue weighted by molar-refractivity contribution is 0.0946. The lowest BCUT2D eigenvalue weighted by Crippen LogP contribution is -2.23. The third-order valence-electron chi connectivity index (χ3n) is 7.37. The lowest BCUT2D eigenvalue weighted by Gasteiger charge is -2.16. The quantitative estimate of drug-likeness (QED) is 0.411. The zero-order chi connectivity index (χ0) is 24.6. The maximum absolute atomic E-state index is 13.1. The van der Waals surface area contributed by atoms with Crippen LogP contribution in [0.2, 0.25) is 0 Å². The number of hydrogen-bond donors (Lipinski definition) is 2. The van der Waals surface area contributed by atoms with Crippen molar-refractivity contribution in [1.29, 1.82) is 0 Å². The number of carbonyl (C=O) groups excluding carboxylic acids is 1. The van der Waals surface area contributed by atoms with E-state index in [1.165, 1.54) is 12.8 Å². The van der Waals surface area contributed by atoms with Crippen LogP contribution in [0.25, 0.3) is 10.8 Å². The van der Waals surface area contributed by atoms with Gasteiger partial charge in [0.2, 0.25) is 0 Å². The highest BCUT2D eigenvalue weighted by atomic mass is 16.1. The first-order chi connectivity index (χ1) is 17.6.